The Morgan fingerprint density at radius 1 is 1.04 bits per heavy atom. The van der Waals surface area contributed by atoms with Gasteiger partial charge in [0.1, 0.15) is 11.2 Å². The first-order chi connectivity index (χ1) is 13.1. The minimum absolute atomic E-state index is 0.185. The van der Waals surface area contributed by atoms with Gasteiger partial charge in [0.2, 0.25) is 5.91 Å². The van der Waals surface area contributed by atoms with Crippen LogP contribution in [0.3, 0.4) is 0 Å². The normalized spacial score (nSPS) is 20.4. The lowest BCUT2D eigenvalue weighted by Crippen LogP contribution is -2.42. The zero-order chi connectivity index (χ0) is 19.2. The molecule has 0 saturated heterocycles. The van der Waals surface area contributed by atoms with Gasteiger partial charge < -0.3 is 14.4 Å². The molecule has 0 bridgehead atoms. The third kappa shape index (κ3) is 2.18. The molecule has 136 valence electrons. The number of methoxy groups -OCH3 is 2. The van der Waals surface area contributed by atoms with E-state index < -0.39 is 11.4 Å². The molecular weight excluding hydrogens is 342 g/mol. The van der Waals surface area contributed by atoms with Crippen molar-refractivity contribution in [3.63, 3.8) is 0 Å². The Hall–Kier alpha value is -3.34. The molecule has 1 aliphatic heterocycles. The van der Waals surface area contributed by atoms with Gasteiger partial charge in [-0.25, -0.2) is 4.79 Å². The van der Waals surface area contributed by atoms with Gasteiger partial charge in [-0.3, -0.25) is 4.79 Å². The number of nitrogens with zero attached hydrogens (tertiary/aromatic N) is 1. The first-order valence-corrected chi connectivity index (χ1v) is 8.59. The molecule has 2 aromatic carbocycles. The third-order valence-electron chi connectivity index (χ3n) is 5.31. The monoisotopic (exact) mass is 361 g/mol. The summed E-state index contributed by atoms with van der Waals surface area (Å²) in [5, 5.41) is 0. The van der Waals surface area contributed by atoms with Crippen molar-refractivity contribution in [3.05, 3.63) is 77.4 Å². The number of amides is 1. The molecule has 5 heteroatoms. The summed E-state index contributed by atoms with van der Waals surface area (Å²) in [5.74, 6) is -0.0793. The molecule has 1 atom stereocenters. The number of rotatable bonds is 3. The summed E-state index contributed by atoms with van der Waals surface area (Å²) >= 11 is 0. The summed E-state index contributed by atoms with van der Waals surface area (Å²) in [6, 6.07) is 15.1. The molecule has 0 N–H and O–H groups in total. The maximum atomic E-state index is 13.6. The number of allylic oxidation sites excluding steroid dienone is 2. The minimum Gasteiger partial charge on any atom is -0.497 e. The lowest BCUT2D eigenvalue weighted by Gasteiger charge is -2.29. The van der Waals surface area contributed by atoms with Crippen LogP contribution in [-0.4, -0.2) is 33.1 Å². The van der Waals surface area contributed by atoms with Gasteiger partial charge in [-0.15, -0.1) is 0 Å². The van der Waals surface area contributed by atoms with Crippen LogP contribution in [0, 0.1) is 0 Å². The summed E-state index contributed by atoms with van der Waals surface area (Å²) in [5.41, 5.74) is 2.18. The second-order valence-electron chi connectivity index (χ2n) is 6.52. The fourth-order valence-electron chi connectivity index (χ4n) is 4.05. The molecule has 0 saturated carbocycles. The highest BCUT2D eigenvalue weighted by Gasteiger charge is 2.58. The highest BCUT2D eigenvalue weighted by molar-refractivity contribution is 6.24. The Balaban J connectivity index is 2.04. The van der Waals surface area contributed by atoms with E-state index in [9.17, 15) is 9.59 Å². The van der Waals surface area contributed by atoms with Gasteiger partial charge in [-0.2, -0.15) is 0 Å². The Labute approximate surface area is 157 Å². The van der Waals surface area contributed by atoms with Crippen LogP contribution in [0.5, 0.6) is 5.75 Å². The fraction of sp³-hybridized carbons (Fsp3) is 0.182. The van der Waals surface area contributed by atoms with Crippen LogP contribution < -0.4 is 9.64 Å². The highest BCUT2D eigenvalue weighted by Crippen LogP contribution is 2.56. The Morgan fingerprint density at radius 3 is 2.44 bits per heavy atom. The number of anilines is 1. The van der Waals surface area contributed by atoms with Crippen LogP contribution in [-0.2, 0) is 19.7 Å². The summed E-state index contributed by atoms with van der Waals surface area (Å²) in [7, 11) is 4.62. The predicted molar refractivity (Wildman–Crippen MR) is 103 cm³/mol. The largest absolute Gasteiger partial charge is 0.497 e. The van der Waals surface area contributed by atoms with Gasteiger partial charge in [0.05, 0.1) is 19.8 Å². The Morgan fingerprint density at radius 2 is 1.78 bits per heavy atom. The SMILES string of the molecule is COC(=O)C1=CC=C(c2ccccc2)[C@]12C(=O)N(C)c1ccc(OC)cc12. The molecule has 0 unspecified atom stereocenters. The molecule has 0 fully saturated rings. The molecule has 1 aliphatic carbocycles. The molecule has 4 rings (SSSR count). The van der Waals surface area contributed by atoms with E-state index in [2.05, 4.69) is 0 Å². The molecule has 1 spiro atoms. The Kier molecular flexibility index (Phi) is 3.88. The molecule has 1 heterocycles. The fourth-order valence-corrected chi connectivity index (χ4v) is 4.05. The van der Waals surface area contributed by atoms with Crippen molar-refractivity contribution in [1.82, 2.24) is 0 Å². The molecule has 1 amide bonds. The van der Waals surface area contributed by atoms with Crippen LogP contribution in [0.2, 0.25) is 0 Å². The molecule has 2 aliphatic rings. The standard InChI is InChI=1S/C22H19NO4/c1-23-19-12-9-15(26-2)13-18(19)22(21(23)25)16(14-7-5-4-6-8-14)10-11-17(22)20(24)27-3/h4-13H,1-3H3/t22-/m0/s1. The number of likely N-dealkylation sites (N-methyl/N-ethyl adjacent to an activating group) is 1. The molecule has 0 aromatic heterocycles. The van der Waals surface area contributed by atoms with Crippen LogP contribution in [0.4, 0.5) is 5.69 Å². The van der Waals surface area contributed by atoms with Gasteiger partial charge in [0.15, 0.2) is 0 Å². The van der Waals surface area contributed by atoms with Gasteiger partial charge in [-0.1, -0.05) is 36.4 Å². The lowest BCUT2D eigenvalue weighted by atomic mass is 9.70. The average Bonchev–Trinajstić information content (AvgIpc) is 3.21. The number of ether oxygens (including phenoxy) is 2. The van der Waals surface area contributed by atoms with Gasteiger partial charge in [-0.05, 0) is 35.4 Å². The lowest BCUT2D eigenvalue weighted by molar-refractivity contribution is -0.137. The number of fused-ring (bicyclic) bond motifs is 2. The van der Waals surface area contributed by atoms with Crippen LogP contribution >= 0.6 is 0 Å². The molecule has 5 nitrogen and oxygen atoms in total. The third-order valence-corrected chi connectivity index (χ3v) is 5.31. The molecule has 27 heavy (non-hydrogen) atoms. The van der Waals surface area contributed by atoms with Crippen LogP contribution in [0.25, 0.3) is 5.57 Å². The van der Waals surface area contributed by atoms with Crippen molar-refractivity contribution in [2.75, 3.05) is 26.2 Å². The Bertz CT molecular complexity index is 1010. The van der Waals surface area contributed by atoms with Crippen molar-refractivity contribution in [2.45, 2.75) is 5.41 Å². The number of carbonyl (C=O) groups is 2. The average molecular weight is 361 g/mol. The van der Waals surface area contributed by atoms with E-state index in [1.54, 1.807) is 25.1 Å². The van der Waals surface area contributed by atoms with E-state index in [-0.39, 0.29) is 5.91 Å². The molecule has 0 radical (unpaired) electrons. The maximum Gasteiger partial charge on any atom is 0.335 e. The van der Waals surface area contributed by atoms with Crippen LogP contribution in [0.1, 0.15) is 11.1 Å². The van der Waals surface area contributed by atoms with E-state index >= 15 is 0 Å². The zero-order valence-corrected chi connectivity index (χ0v) is 15.4. The summed E-state index contributed by atoms with van der Waals surface area (Å²) in [4.78, 5) is 27.8. The zero-order valence-electron chi connectivity index (χ0n) is 15.4. The summed E-state index contributed by atoms with van der Waals surface area (Å²) in [6.07, 6.45) is 3.52. The van der Waals surface area contributed by atoms with E-state index in [0.717, 1.165) is 22.4 Å². The minimum atomic E-state index is -1.24. The van der Waals surface area contributed by atoms with Crippen molar-refractivity contribution in [1.29, 1.82) is 0 Å². The topological polar surface area (TPSA) is 55.8 Å². The van der Waals surface area contributed by atoms with Gasteiger partial charge >= 0.3 is 5.97 Å². The van der Waals surface area contributed by atoms with E-state index in [1.807, 2.05) is 54.6 Å². The predicted octanol–water partition coefficient (Wildman–Crippen LogP) is 3.11. The highest BCUT2D eigenvalue weighted by atomic mass is 16.5. The van der Waals surface area contributed by atoms with E-state index in [0.29, 0.717) is 11.3 Å². The molecular formula is C22H19NO4. The number of hydrogen-bond acceptors (Lipinski definition) is 4. The van der Waals surface area contributed by atoms with Gasteiger partial charge in [0.25, 0.3) is 0 Å². The number of benzene rings is 2. The smallest absolute Gasteiger partial charge is 0.335 e. The van der Waals surface area contributed by atoms with Crippen molar-refractivity contribution >= 4 is 23.1 Å². The number of carbonyl (C=O) groups excluding carboxylic acids is 2. The summed E-state index contributed by atoms with van der Waals surface area (Å²) < 4.78 is 10.4. The first kappa shape index (κ1) is 17.1. The number of esters is 1. The van der Waals surface area contributed by atoms with Crippen molar-refractivity contribution < 1.29 is 19.1 Å². The second-order valence-corrected chi connectivity index (χ2v) is 6.52. The van der Waals surface area contributed by atoms with Crippen molar-refractivity contribution in [2.24, 2.45) is 0 Å². The maximum absolute atomic E-state index is 13.6. The molecule has 2 aromatic rings. The number of hydrogen-bond donors (Lipinski definition) is 0. The second kappa shape index (κ2) is 6.13. The van der Waals surface area contributed by atoms with Gasteiger partial charge in [0, 0.05) is 18.3 Å². The van der Waals surface area contributed by atoms with E-state index in [4.69, 9.17) is 9.47 Å². The first-order valence-electron chi connectivity index (χ1n) is 8.59. The van der Waals surface area contributed by atoms with Crippen LogP contribution in [0.15, 0.2) is 66.3 Å². The summed E-state index contributed by atoms with van der Waals surface area (Å²) in [6.45, 7) is 0. The quantitative estimate of drug-likeness (QED) is 0.789. The van der Waals surface area contributed by atoms with Crippen molar-refractivity contribution in [3.8, 4) is 5.75 Å². The van der Waals surface area contributed by atoms with E-state index in [1.165, 1.54) is 7.11 Å².